The summed E-state index contributed by atoms with van der Waals surface area (Å²) >= 11 is 0. The van der Waals surface area contributed by atoms with E-state index in [2.05, 4.69) is 32.0 Å². The smallest absolute Gasteiger partial charge is 0.229 e. The zero-order chi connectivity index (χ0) is 12.6. The number of anilines is 1. The van der Waals surface area contributed by atoms with Gasteiger partial charge in [0.1, 0.15) is 0 Å². The van der Waals surface area contributed by atoms with Gasteiger partial charge in [-0.05, 0) is 17.5 Å². The van der Waals surface area contributed by atoms with Crippen LogP contribution in [0, 0.1) is 11.8 Å². The Bertz CT molecular complexity index is 423. The standard InChI is InChI=1S/C15H21NO/c1-10(2)13-9-16(15(17)11(3)4)14-8-6-5-7-12(13)14/h5-8,10-11,13H,9H2,1-4H3. The van der Waals surface area contributed by atoms with E-state index in [1.54, 1.807) is 0 Å². The molecule has 0 aliphatic carbocycles. The van der Waals surface area contributed by atoms with Crippen molar-refractivity contribution in [1.82, 2.24) is 0 Å². The minimum Gasteiger partial charge on any atom is -0.311 e. The predicted molar refractivity (Wildman–Crippen MR) is 71.2 cm³/mol. The molecule has 0 aromatic heterocycles. The average Bonchev–Trinajstić information content (AvgIpc) is 2.67. The van der Waals surface area contributed by atoms with Crippen LogP contribution in [-0.4, -0.2) is 12.5 Å². The van der Waals surface area contributed by atoms with Crippen LogP contribution in [0.4, 0.5) is 5.69 Å². The van der Waals surface area contributed by atoms with Crippen molar-refractivity contribution in [2.24, 2.45) is 11.8 Å². The van der Waals surface area contributed by atoms with Crippen LogP contribution in [0.15, 0.2) is 24.3 Å². The van der Waals surface area contributed by atoms with Crippen molar-refractivity contribution in [3.05, 3.63) is 29.8 Å². The fraction of sp³-hybridized carbons (Fsp3) is 0.533. The molecule has 17 heavy (non-hydrogen) atoms. The van der Waals surface area contributed by atoms with E-state index >= 15 is 0 Å². The van der Waals surface area contributed by atoms with Crippen LogP contribution >= 0.6 is 0 Å². The first kappa shape index (κ1) is 12.2. The summed E-state index contributed by atoms with van der Waals surface area (Å²) in [5.41, 5.74) is 2.45. The molecule has 1 aliphatic heterocycles. The third-order valence-corrected chi connectivity index (χ3v) is 3.57. The molecule has 1 amide bonds. The molecular formula is C15H21NO. The summed E-state index contributed by atoms with van der Waals surface area (Å²) in [4.78, 5) is 14.2. The van der Waals surface area contributed by atoms with Gasteiger partial charge in [-0.15, -0.1) is 0 Å². The highest BCUT2D eigenvalue weighted by atomic mass is 16.2. The molecule has 0 N–H and O–H groups in total. The van der Waals surface area contributed by atoms with E-state index in [0.717, 1.165) is 12.2 Å². The van der Waals surface area contributed by atoms with Crippen LogP contribution in [-0.2, 0) is 4.79 Å². The van der Waals surface area contributed by atoms with Crippen molar-refractivity contribution < 1.29 is 4.79 Å². The average molecular weight is 231 g/mol. The van der Waals surface area contributed by atoms with Gasteiger partial charge in [0.2, 0.25) is 5.91 Å². The lowest BCUT2D eigenvalue weighted by atomic mass is 9.90. The van der Waals surface area contributed by atoms with Gasteiger partial charge in [-0.2, -0.15) is 0 Å². The summed E-state index contributed by atoms with van der Waals surface area (Å²) in [7, 11) is 0. The fourth-order valence-corrected chi connectivity index (χ4v) is 2.53. The molecule has 0 spiro atoms. The monoisotopic (exact) mass is 231 g/mol. The van der Waals surface area contributed by atoms with Crippen molar-refractivity contribution in [3.63, 3.8) is 0 Å². The maximum Gasteiger partial charge on any atom is 0.229 e. The Balaban J connectivity index is 2.38. The van der Waals surface area contributed by atoms with Gasteiger partial charge >= 0.3 is 0 Å². The minimum absolute atomic E-state index is 0.0639. The highest BCUT2D eigenvalue weighted by molar-refractivity contribution is 5.97. The second kappa shape index (κ2) is 4.52. The highest BCUT2D eigenvalue weighted by Gasteiger charge is 2.34. The van der Waals surface area contributed by atoms with Gasteiger partial charge in [0.05, 0.1) is 0 Å². The van der Waals surface area contributed by atoms with Crippen molar-refractivity contribution >= 4 is 11.6 Å². The lowest BCUT2D eigenvalue weighted by Crippen LogP contribution is -2.33. The fourth-order valence-electron chi connectivity index (χ4n) is 2.53. The predicted octanol–water partition coefficient (Wildman–Crippen LogP) is 3.43. The highest BCUT2D eigenvalue weighted by Crippen LogP contribution is 2.40. The molecule has 92 valence electrons. The number of nitrogens with zero attached hydrogens (tertiary/aromatic N) is 1. The molecule has 1 atom stereocenters. The van der Waals surface area contributed by atoms with Crippen molar-refractivity contribution in [2.75, 3.05) is 11.4 Å². The summed E-state index contributed by atoms with van der Waals surface area (Å²) in [5, 5.41) is 0. The number of fused-ring (bicyclic) bond motifs is 1. The first-order chi connectivity index (χ1) is 8.02. The normalized spacial score (nSPS) is 18.9. The maximum absolute atomic E-state index is 12.2. The topological polar surface area (TPSA) is 20.3 Å². The molecule has 1 heterocycles. The first-order valence-electron chi connectivity index (χ1n) is 6.42. The van der Waals surface area contributed by atoms with E-state index in [1.807, 2.05) is 24.8 Å². The van der Waals surface area contributed by atoms with Gasteiger partial charge in [0.25, 0.3) is 0 Å². The Labute approximate surface area is 104 Å². The molecule has 0 saturated heterocycles. The van der Waals surface area contributed by atoms with Crippen LogP contribution in [0.5, 0.6) is 0 Å². The number of hydrogen-bond acceptors (Lipinski definition) is 1. The number of amides is 1. The Morgan fingerprint density at radius 2 is 1.88 bits per heavy atom. The van der Waals surface area contributed by atoms with Gasteiger partial charge in [0.15, 0.2) is 0 Å². The number of carbonyl (C=O) groups is 1. The van der Waals surface area contributed by atoms with Crippen molar-refractivity contribution in [1.29, 1.82) is 0 Å². The van der Waals surface area contributed by atoms with Crippen LogP contribution in [0.1, 0.15) is 39.2 Å². The van der Waals surface area contributed by atoms with Crippen molar-refractivity contribution in [2.45, 2.75) is 33.6 Å². The van der Waals surface area contributed by atoms with Crippen LogP contribution in [0.2, 0.25) is 0 Å². The largest absolute Gasteiger partial charge is 0.311 e. The molecular weight excluding hydrogens is 210 g/mol. The SMILES string of the molecule is CC(C)C(=O)N1CC(C(C)C)c2ccccc21. The van der Waals surface area contributed by atoms with Crippen molar-refractivity contribution in [3.8, 4) is 0 Å². The van der Waals surface area contributed by atoms with Gasteiger partial charge in [0, 0.05) is 24.1 Å². The maximum atomic E-state index is 12.2. The molecule has 2 rings (SSSR count). The first-order valence-corrected chi connectivity index (χ1v) is 6.42. The van der Waals surface area contributed by atoms with Gasteiger partial charge < -0.3 is 4.90 Å². The Hall–Kier alpha value is -1.31. The lowest BCUT2D eigenvalue weighted by Gasteiger charge is -2.21. The Morgan fingerprint density at radius 1 is 1.24 bits per heavy atom. The lowest BCUT2D eigenvalue weighted by molar-refractivity contribution is -0.121. The Morgan fingerprint density at radius 3 is 2.47 bits per heavy atom. The molecule has 2 heteroatoms. The number of hydrogen-bond donors (Lipinski definition) is 0. The van der Waals surface area contributed by atoms with E-state index in [4.69, 9.17) is 0 Å². The van der Waals surface area contributed by atoms with E-state index < -0.39 is 0 Å². The summed E-state index contributed by atoms with van der Waals surface area (Å²) in [5.74, 6) is 1.35. The van der Waals surface area contributed by atoms with Crippen LogP contribution in [0.25, 0.3) is 0 Å². The zero-order valence-electron chi connectivity index (χ0n) is 11.1. The Kier molecular flexibility index (Phi) is 3.23. The van der Waals surface area contributed by atoms with Crippen LogP contribution < -0.4 is 4.90 Å². The van der Waals surface area contributed by atoms with Gasteiger partial charge in [-0.3, -0.25) is 4.79 Å². The van der Waals surface area contributed by atoms with Gasteiger partial charge in [-0.1, -0.05) is 45.9 Å². The number of carbonyl (C=O) groups excluding carboxylic acids is 1. The summed E-state index contributed by atoms with van der Waals surface area (Å²) in [6, 6.07) is 8.31. The molecule has 1 unspecified atom stereocenters. The molecule has 2 nitrogen and oxygen atoms in total. The third kappa shape index (κ3) is 2.08. The molecule has 0 radical (unpaired) electrons. The van der Waals surface area contributed by atoms with E-state index in [1.165, 1.54) is 5.56 Å². The number of rotatable bonds is 2. The number of benzene rings is 1. The minimum atomic E-state index is 0.0639. The second-order valence-electron chi connectivity index (χ2n) is 5.51. The van der Waals surface area contributed by atoms with Crippen LogP contribution in [0.3, 0.4) is 0 Å². The number of para-hydroxylation sites is 1. The molecule has 1 aromatic carbocycles. The molecule has 0 fully saturated rings. The van der Waals surface area contributed by atoms with E-state index in [-0.39, 0.29) is 11.8 Å². The summed E-state index contributed by atoms with van der Waals surface area (Å²) in [6.07, 6.45) is 0. The summed E-state index contributed by atoms with van der Waals surface area (Å²) in [6.45, 7) is 9.23. The quantitative estimate of drug-likeness (QED) is 0.763. The molecule has 1 aromatic rings. The summed E-state index contributed by atoms with van der Waals surface area (Å²) < 4.78 is 0. The van der Waals surface area contributed by atoms with E-state index in [9.17, 15) is 4.79 Å². The zero-order valence-corrected chi connectivity index (χ0v) is 11.1. The molecule has 1 aliphatic rings. The second-order valence-corrected chi connectivity index (χ2v) is 5.51. The third-order valence-electron chi connectivity index (χ3n) is 3.57. The molecule has 0 bridgehead atoms. The van der Waals surface area contributed by atoms with E-state index in [0.29, 0.717) is 11.8 Å². The van der Waals surface area contributed by atoms with Gasteiger partial charge in [-0.25, -0.2) is 0 Å². The molecule has 0 saturated carbocycles.